The van der Waals surface area contributed by atoms with E-state index in [9.17, 15) is 33.6 Å². The summed E-state index contributed by atoms with van der Waals surface area (Å²) in [6.07, 6.45) is -0.212. The molecule has 1 fully saturated rings. The van der Waals surface area contributed by atoms with Crippen molar-refractivity contribution in [1.29, 1.82) is 0 Å². The molecule has 11 nitrogen and oxygen atoms in total. The largest absolute Gasteiger partial charge is 0.481 e. The first-order valence-electron chi connectivity index (χ1n) is 7.51. The molecule has 1 heterocycles. The Balaban J connectivity index is 3.16. The van der Waals surface area contributed by atoms with Gasteiger partial charge in [0.1, 0.15) is 5.28 Å². The van der Waals surface area contributed by atoms with Crippen molar-refractivity contribution in [3.05, 3.63) is 0 Å². The second kappa shape index (κ2) is 7.84. The van der Waals surface area contributed by atoms with E-state index in [2.05, 4.69) is 0 Å². The average Bonchev–Trinajstić information content (AvgIpc) is 2.93. The van der Waals surface area contributed by atoms with Crippen LogP contribution < -0.4 is 0 Å². The lowest BCUT2D eigenvalue weighted by molar-refractivity contribution is -0.143. The van der Waals surface area contributed by atoms with Gasteiger partial charge in [-0.25, -0.2) is 0 Å². The van der Waals surface area contributed by atoms with Gasteiger partial charge in [-0.1, -0.05) is 0 Å². The van der Waals surface area contributed by atoms with E-state index in [0.717, 1.165) is 0 Å². The molecule has 0 aromatic heterocycles. The maximum Gasteiger partial charge on any atom is 0.345 e. The summed E-state index contributed by atoms with van der Waals surface area (Å²) >= 11 is 0. The van der Waals surface area contributed by atoms with Gasteiger partial charge < -0.3 is 29.8 Å². The topological polar surface area (TPSA) is 193 Å². The molecule has 13 heteroatoms. The van der Waals surface area contributed by atoms with Crippen LogP contribution in [0, 0.1) is 5.92 Å². The van der Waals surface area contributed by atoms with E-state index in [1.54, 1.807) is 0 Å². The first kappa shape index (κ1) is 22.2. The van der Waals surface area contributed by atoms with Crippen molar-refractivity contribution in [2.45, 2.75) is 43.5 Å². The van der Waals surface area contributed by atoms with Gasteiger partial charge in [-0.15, -0.1) is 0 Å². The summed E-state index contributed by atoms with van der Waals surface area (Å²) in [7, 11) is -9.94. The highest BCUT2D eigenvalue weighted by molar-refractivity contribution is 7.53. The van der Waals surface area contributed by atoms with Crippen molar-refractivity contribution in [1.82, 2.24) is 4.90 Å². The van der Waals surface area contributed by atoms with Gasteiger partial charge in [0.2, 0.25) is 0 Å². The standard InChI is InChI=1S/C12H23NO10P2/c1-12(25(21,22)23,13-4-2-3-5-13)7-8(10(14)15)6-9(11(16)17)24(18,19)20/h8-9H,2-7H2,1H3,(H,14,15)(H,16,17)(H2,18,19,20)(H2,21,22,23). The Bertz CT molecular complexity index is 607. The SMILES string of the molecule is CC(CC(CC(C(=O)O)P(=O)(O)O)C(=O)O)(N1CCCC1)P(=O)(O)O. The number of hydrogen-bond donors (Lipinski definition) is 6. The molecule has 0 radical (unpaired) electrons. The second-order valence-corrected chi connectivity index (χ2v) is 10.2. The van der Waals surface area contributed by atoms with Crippen LogP contribution >= 0.6 is 15.2 Å². The molecule has 0 amide bonds. The van der Waals surface area contributed by atoms with Crippen molar-refractivity contribution < 1.29 is 48.5 Å². The Morgan fingerprint density at radius 1 is 1.04 bits per heavy atom. The molecule has 0 aromatic rings. The quantitative estimate of drug-likeness (QED) is 0.286. The predicted molar refractivity (Wildman–Crippen MR) is 85.1 cm³/mol. The predicted octanol–water partition coefficient (Wildman–Crippen LogP) is 0.0880. The van der Waals surface area contributed by atoms with Gasteiger partial charge in [-0.3, -0.25) is 23.6 Å². The number of likely N-dealkylation sites (tertiary alicyclic amines) is 1. The number of nitrogens with zero attached hydrogens (tertiary/aromatic N) is 1. The molecule has 0 aromatic carbocycles. The summed E-state index contributed by atoms with van der Waals surface area (Å²) in [5.41, 5.74) is -2.26. The lowest BCUT2D eigenvalue weighted by Crippen LogP contribution is -2.47. The zero-order chi connectivity index (χ0) is 19.6. The van der Waals surface area contributed by atoms with Crippen LogP contribution in [0.15, 0.2) is 0 Å². The zero-order valence-electron chi connectivity index (χ0n) is 13.6. The number of aliphatic carboxylic acids is 2. The Morgan fingerprint density at radius 3 is 1.84 bits per heavy atom. The van der Waals surface area contributed by atoms with Crippen LogP contribution in [0.1, 0.15) is 32.6 Å². The highest BCUT2D eigenvalue weighted by Gasteiger charge is 2.51. The van der Waals surface area contributed by atoms with Crippen LogP contribution in [0.3, 0.4) is 0 Å². The minimum atomic E-state index is -5.13. The maximum atomic E-state index is 12.0. The van der Waals surface area contributed by atoms with E-state index in [4.69, 9.17) is 14.9 Å². The molecule has 1 saturated heterocycles. The van der Waals surface area contributed by atoms with Crippen LogP contribution in [-0.2, 0) is 18.7 Å². The maximum absolute atomic E-state index is 12.0. The Kier molecular flexibility index (Phi) is 6.97. The van der Waals surface area contributed by atoms with Gasteiger partial charge >= 0.3 is 27.1 Å². The molecule has 146 valence electrons. The molecular weight excluding hydrogens is 380 g/mol. The van der Waals surface area contributed by atoms with Gasteiger partial charge in [0.05, 0.1) is 5.92 Å². The van der Waals surface area contributed by atoms with E-state index in [1.165, 1.54) is 11.8 Å². The number of hydrogen-bond acceptors (Lipinski definition) is 5. The second-order valence-electron chi connectivity index (χ2n) is 6.37. The van der Waals surface area contributed by atoms with E-state index in [1.807, 2.05) is 0 Å². The molecule has 0 bridgehead atoms. The van der Waals surface area contributed by atoms with Gasteiger partial charge in [0.25, 0.3) is 0 Å². The summed E-state index contributed by atoms with van der Waals surface area (Å²) in [4.78, 5) is 61.7. The fourth-order valence-corrected chi connectivity index (χ4v) is 4.86. The molecule has 1 rings (SSSR count). The summed E-state index contributed by atoms with van der Waals surface area (Å²) in [6.45, 7) is 1.88. The lowest BCUT2D eigenvalue weighted by Gasteiger charge is -2.40. The van der Waals surface area contributed by atoms with E-state index in [0.29, 0.717) is 25.9 Å². The average molecular weight is 403 g/mol. The molecule has 0 spiro atoms. The molecule has 0 aliphatic carbocycles. The minimum absolute atomic E-state index is 0.342. The zero-order valence-corrected chi connectivity index (χ0v) is 15.3. The normalized spacial score (nSPS) is 21.5. The van der Waals surface area contributed by atoms with Crippen molar-refractivity contribution in [2.24, 2.45) is 5.92 Å². The highest BCUT2D eigenvalue weighted by atomic mass is 31.2. The first-order chi connectivity index (χ1) is 11.2. The molecular formula is C12H23NO10P2. The van der Waals surface area contributed by atoms with E-state index < -0.39 is 56.8 Å². The third kappa shape index (κ3) is 5.34. The number of carbonyl (C=O) groups is 2. The molecule has 1 aliphatic heterocycles. The van der Waals surface area contributed by atoms with Crippen LogP contribution in [0.2, 0.25) is 0 Å². The van der Waals surface area contributed by atoms with Crippen molar-refractivity contribution >= 4 is 27.1 Å². The van der Waals surface area contributed by atoms with Crippen LogP contribution in [0.25, 0.3) is 0 Å². The van der Waals surface area contributed by atoms with Gasteiger partial charge in [-0.05, 0) is 45.7 Å². The number of rotatable bonds is 9. The van der Waals surface area contributed by atoms with Crippen LogP contribution in [0.4, 0.5) is 0 Å². The Morgan fingerprint density at radius 2 is 1.52 bits per heavy atom. The monoisotopic (exact) mass is 403 g/mol. The third-order valence-electron chi connectivity index (χ3n) is 4.60. The van der Waals surface area contributed by atoms with Crippen molar-refractivity contribution in [3.8, 4) is 0 Å². The lowest BCUT2D eigenvalue weighted by atomic mass is 9.94. The van der Waals surface area contributed by atoms with Gasteiger partial charge in [-0.2, -0.15) is 0 Å². The number of carboxylic acids is 2. The van der Waals surface area contributed by atoms with Crippen molar-refractivity contribution in [3.63, 3.8) is 0 Å². The molecule has 3 unspecified atom stereocenters. The number of carboxylic acid groups (broad SMARTS) is 2. The Labute approximate surface area is 144 Å². The molecule has 1 aliphatic rings. The summed E-state index contributed by atoms with van der Waals surface area (Å²) in [6, 6.07) is 0. The summed E-state index contributed by atoms with van der Waals surface area (Å²) < 4.78 is 23.3. The first-order valence-corrected chi connectivity index (χ1v) is 10.8. The minimum Gasteiger partial charge on any atom is -0.481 e. The fraction of sp³-hybridized carbons (Fsp3) is 0.833. The van der Waals surface area contributed by atoms with Gasteiger partial charge in [0.15, 0.2) is 5.66 Å². The smallest absolute Gasteiger partial charge is 0.345 e. The fourth-order valence-electron chi connectivity index (χ4n) is 3.02. The molecule has 3 atom stereocenters. The summed E-state index contributed by atoms with van der Waals surface area (Å²) in [5.74, 6) is -5.08. The van der Waals surface area contributed by atoms with Crippen LogP contribution in [0.5, 0.6) is 0 Å². The summed E-state index contributed by atoms with van der Waals surface area (Å²) in [5, 5.41) is 16.4. The third-order valence-corrected chi connectivity index (χ3v) is 7.56. The Hall–Kier alpha value is -0.800. The van der Waals surface area contributed by atoms with Crippen LogP contribution in [-0.4, -0.2) is 70.7 Å². The van der Waals surface area contributed by atoms with E-state index >= 15 is 0 Å². The van der Waals surface area contributed by atoms with Crippen molar-refractivity contribution in [2.75, 3.05) is 13.1 Å². The van der Waals surface area contributed by atoms with Gasteiger partial charge in [0, 0.05) is 0 Å². The molecule has 0 saturated carbocycles. The highest BCUT2D eigenvalue weighted by Crippen LogP contribution is 2.57. The molecule has 6 N–H and O–H groups in total. The molecule has 25 heavy (non-hydrogen) atoms. The van der Waals surface area contributed by atoms with E-state index in [-0.39, 0.29) is 0 Å².